The first-order valence-electron chi connectivity index (χ1n) is 8.09. The average Bonchev–Trinajstić information content (AvgIpc) is 2.92. The maximum absolute atomic E-state index is 14.4. The molecule has 0 aromatic heterocycles. The third-order valence-corrected chi connectivity index (χ3v) is 4.86. The summed E-state index contributed by atoms with van der Waals surface area (Å²) in [5.41, 5.74) is 0.980. The molecule has 0 fully saturated rings. The molecule has 0 heterocycles. The van der Waals surface area contributed by atoms with Gasteiger partial charge in [0.25, 0.3) is 0 Å². The molecule has 0 bridgehead atoms. The molecule has 28 heavy (non-hydrogen) atoms. The summed E-state index contributed by atoms with van der Waals surface area (Å²) in [4.78, 5) is 0. The van der Waals surface area contributed by atoms with Gasteiger partial charge in [0.15, 0.2) is 0 Å². The molecule has 3 N–H and O–H groups in total. The number of aliphatic hydroxyl groups excluding tert-OH is 1. The fraction of sp³-hybridized carbons (Fsp3) is 0.316. The molecule has 2 unspecified atom stereocenters. The number of hydrogen-bond acceptors (Lipinski definition) is 4. The number of alkyl halides is 4. The van der Waals surface area contributed by atoms with Crippen LogP contribution in [0, 0.1) is 11.3 Å². The maximum Gasteiger partial charge on any atom is 0.337 e. The fourth-order valence-electron chi connectivity index (χ4n) is 3.64. The van der Waals surface area contributed by atoms with Crippen LogP contribution in [0.5, 0.6) is 5.75 Å². The molecular formula is C19H15F5N2O2. The third kappa shape index (κ3) is 2.56. The molecule has 3 rings (SSSR count). The van der Waals surface area contributed by atoms with Crippen molar-refractivity contribution in [3.8, 4) is 11.8 Å². The topological polar surface area (TPSA) is 79.3 Å². The lowest BCUT2D eigenvalue weighted by Gasteiger charge is -2.31. The van der Waals surface area contributed by atoms with Crippen molar-refractivity contribution in [3.63, 3.8) is 0 Å². The smallest absolute Gasteiger partial charge is 0.337 e. The van der Waals surface area contributed by atoms with Gasteiger partial charge in [-0.05, 0) is 30.7 Å². The van der Waals surface area contributed by atoms with Gasteiger partial charge in [-0.25, -0.2) is 4.39 Å². The summed E-state index contributed by atoms with van der Waals surface area (Å²) in [5, 5.41) is 18.8. The summed E-state index contributed by atoms with van der Waals surface area (Å²) in [6, 6.07) is 3.40. The zero-order chi connectivity index (χ0) is 21.1. The largest absolute Gasteiger partial charge is 0.462 e. The second kappa shape index (κ2) is 6.15. The summed E-state index contributed by atoms with van der Waals surface area (Å²) in [6.45, 7) is 4.61. The second-order valence-corrected chi connectivity index (χ2v) is 6.76. The van der Waals surface area contributed by atoms with Crippen molar-refractivity contribution < 1.29 is 31.8 Å². The van der Waals surface area contributed by atoms with Crippen molar-refractivity contribution in [2.75, 3.05) is 0 Å². The van der Waals surface area contributed by atoms with Gasteiger partial charge in [-0.1, -0.05) is 6.58 Å². The van der Waals surface area contributed by atoms with Crippen LogP contribution in [0.1, 0.15) is 36.1 Å². The van der Waals surface area contributed by atoms with Gasteiger partial charge in [-0.2, -0.15) is 22.8 Å². The van der Waals surface area contributed by atoms with Crippen LogP contribution in [0.4, 0.5) is 22.0 Å². The van der Waals surface area contributed by atoms with Crippen molar-refractivity contribution in [2.24, 2.45) is 5.73 Å². The van der Waals surface area contributed by atoms with Crippen LogP contribution in [-0.2, 0) is 11.5 Å². The summed E-state index contributed by atoms with van der Waals surface area (Å²) in [7, 11) is 0. The Kier molecular flexibility index (Phi) is 4.41. The van der Waals surface area contributed by atoms with E-state index >= 15 is 0 Å². The third-order valence-electron chi connectivity index (χ3n) is 4.86. The molecular weight excluding hydrogens is 383 g/mol. The van der Waals surface area contributed by atoms with Crippen LogP contribution >= 0.6 is 0 Å². The molecule has 0 saturated carbocycles. The quantitative estimate of drug-likeness (QED) is 0.344. The highest BCUT2D eigenvalue weighted by Crippen LogP contribution is 2.66. The minimum atomic E-state index is -4.59. The number of allylic oxidation sites excluding steroid dienone is 5. The van der Waals surface area contributed by atoms with E-state index in [2.05, 4.69) is 6.58 Å². The number of nitriles is 1. The fourth-order valence-corrected chi connectivity index (χ4v) is 3.64. The summed E-state index contributed by atoms with van der Waals surface area (Å²) in [6.07, 6.45) is -0.626. The van der Waals surface area contributed by atoms with Crippen molar-refractivity contribution in [2.45, 2.75) is 36.8 Å². The first-order valence-corrected chi connectivity index (χ1v) is 8.09. The minimum absolute atomic E-state index is 0.0751. The van der Waals surface area contributed by atoms with Gasteiger partial charge in [0.2, 0.25) is 0 Å². The van der Waals surface area contributed by atoms with Gasteiger partial charge in [-0.3, -0.25) is 0 Å². The van der Waals surface area contributed by atoms with Crippen molar-refractivity contribution >= 4 is 0 Å². The number of nitrogens with zero attached hydrogens (tertiary/aromatic N) is 1. The highest BCUT2D eigenvalue weighted by Gasteiger charge is 2.77. The van der Waals surface area contributed by atoms with E-state index in [0.717, 1.165) is 24.3 Å². The predicted octanol–water partition coefficient (Wildman–Crippen LogP) is 4.23. The number of ether oxygens (including phenoxy) is 1. The van der Waals surface area contributed by atoms with Crippen molar-refractivity contribution in [3.05, 3.63) is 64.7 Å². The Bertz CT molecular complexity index is 977. The number of halogens is 5. The van der Waals surface area contributed by atoms with Crippen LogP contribution < -0.4 is 10.5 Å². The Labute approximate surface area is 157 Å². The van der Waals surface area contributed by atoms with Crippen LogP contribution in [0.15, 0.2) is 48.0 Å². The van der Waals surface area contributed by atoms with Crippen LogP contribution in [-0.4, -0.2) is 11.0 Å². The Morgan fingerprint density at radius 3 is 2.61 bits per heavy atom. The molecule has 0 spiro atoms. The molecule has 4 nitrogen and oxygen atoms in total. The van der Waals surface area contributed by atoms with Gasteiger partial charge >= 0.3 is 11.8 Å². The Morgan fingerprint density at radius 2 is 2.00 bits per heavy atom. The van der Waals surface area contributed by atoms with Crippen LogP contribution in [0.25, 0.3) is 0 Å². The zero-order valence-electron chi connectivity index (χ0n) is 14.6. The molecule has 2 atom stereocenters. The number of aliphatic hydroxyl groups is 1. The maximum atomic E-state index is 14.4. The second-order valence-electron chi connectivity index (χ2n) is 6.76. The van der Waals surface area contributed by atoms with Gasteiger partial charge in [0.1, 0.15) is 22.9 Å². The van der Waals surface area contributed by atoms with Gasteiger partial charge in [0.05, 0.1) is 12.2 Å². The monoisotopic (exact) mass is 398 g/mol. The Balaban J connectivity index is 2.06. The number of benzene rings is 1. The molecule has 0 amide bonds. The highest BCUT2D eigenvalue weighted by atomic mass is 19.3. The van der Waals surface area contributed by atoms with E-state index in [9.17, 15) is 27.1 Å². The summed E-state index contributed by atoms with van der Waals surface area (Å²) >= 11 is 0. The minimum Gasteiger partial charge on any atom is -0.462 e. The van der Waals surface area contributed by atoms with Gasteiger partial charge in [-0.15, -0.1) is 0 Å². The molecule has 1 aromatic carbocycles. The van der Waals surface area contributed by atoms with Crippen molar-refractivity contribution in [1.82, 2.24) is 0 Å². The predicted molar refractivity (Wildman–Crippen MR) is 89.1 cm³/mol. The molecule has 0 radical (unpaired) electrons. The normalized spacial score (nSPS) is 27.3. The highest BCUT2D eigenvalue weighted by molar-refractivity contribution is 5.60. The van der Waals surface area contributed by atoms with E-state index in [1.54, 1.807) is 6.07 Å². The average molecular weight is 398 g/mol. The molecule has 2 aliphatic carbocycles. The van der Waals surface area contributed by atoms with E-state index in [-0.39, 0.29) is 22.6 Å². The van der Waals surface area contributed by atoms with Gasteiger partial charge < -0.3 is 15.6 Å². The SMILES string of the molecule is C=C(C#N)/C=C(F)\C=C(/C)Oc1ccc2c3c1C(O)CC3(N)C(F)(F)C2(F)F. The zero-order valence-corrected chi connectivity index (χ0v) is 14.6. The standard InChI is InChI=1S/C19H15F5N2O2/c1-9(8-25)5-11(20)6-10(2)28-14-4-3-12-16-15(14)13(27)7-17(16,26)19(23,24)18(12,21)22/h3-6,13,27H,1,7,26H2,2H3/b10-6+,11-5+. The number of nitrogens with two attached hydrogens (primary N) is 1. The molecule has 9 heteroatoms. The lowest BCUT2D eigenvalue weighted by atomic mass is 9.91. The van der Waals surface area contributed by atoms with Crippen LogP contribution in [0.2, 0.25) is 0 Å². The van der Waals surface area contributed by atoms with E-state index < -0.39 is 46.9 Å². The van der Waals surface area contributed by atoms with Gasteiger partial charge in [0, 0.05) is 29.2 Å². The van der Waals surface area contributed by atoms with E-state index in [1.165, 1.54) is 6.92 Å². The van der Waals surface area contributed by atoms with Crippen molar-refractivity contribution in [1.29, 1.82) is 5.26 Å². The number of rotatable bonds is 4. The Hall–Kier alpha value is -2.70. The first kappa shape index (κ1) is 20.0. The molecule has 2 aliphatic rings. The van der Waals surface area contributed by atoms with E-state index in [4.69, 9.17) is 15.7 Å². The van der Waals surface area contributed by atoms with Crippen LogP contribution in [0.3, 0.4) is 0 Å². The lowest BCUT2D eigenvalue weighted by Crippen LogP contribution is -2.53. The lowest BCUT2D eigenvalue weighted by molar-refractivity contribution is -0.239. The first-order chi connectivity index (χ1) is 12.9. The molecule has 148 valence electrons. The summed E-state index contributed by atoms with van der Waals surface area (Å²) in [5.74, 6) is -10.2. The number of hydrogen-bond donors (Lipinski definition) is 2. The Morgan fingerprint density at radius 1 is 1.36 bits per heavy atom. The molecule has 0 saturated heterocycles. The molecule has 1 aromatic rings. The summed E-state index contributed by atoms with van der Waals surface area (Å²) < 4.78 is 76.3. The molecule has 0 aliphatic heterocycles. The van der Waals surface area contributed by atoms with E-state index in [1.807, 2.05) is 0 Å². The van der Waals surface area contributed by atoms with E-state index in [0.29, 0.717) is 0 Å².